The second kappa shape index (κ2) is 75.3. The summed E-state index contributed by atoms with van der Waals surface area (Å²) in [5.41, 5.74) is 0. The zero-order chi connectivity index (χ0) is 73.2. The molecule has 17 nitrogen and oxygen atoms in total. The minimum Gasteiger partial charge on any atom is -0.462 e. The maximum absolute atomic E-state index is 13.1. The van der Waals surface area contributed by atoms with Gasteiger partial charge in [0.2, 0.25) is 0 Å². The van der Waals surface area contributed by atoms with Gasteiger partial charge in [0.25, 0.3) is 0 Å². The quantitative estimate of drug-likeness (QED) is 0.0222. The summed E-state index contributed by atoms with van der Waals surface area (Å²) < 4.78 is 68.6. The van der Waals surface area contributed by atoms with Crippen molar-refractivity contribution in [1.29, 1.82) is 0 Å². The van der Waals surface area contributed by atoms with Crippen LogP contribution in [0.25, 0.3) is 0 Å². The standard InChI is InChI=1S/C81H158O17P2/c1-5-9-13-17-21-24-27-30-33-36-37-40-43-46-49-52-56-60-64-68-81(86)98-77(72-92-79(84)66-62-58-54-50-47-44-41-38-34-31-28-25-22-18-14-10-6-2)74-96-100(89,90)94-70-75(82)69-93-99(87,88)95-73-76(71-91-78(83)65-61-57-53-20-16-12-8-4)97-80(85)67-63-59-55-51-48-45-42-39-35-32-29-26-23-19-15-11-7-3/h75-77,82H,5-74H2,1-4H3,(H,87,88)(H,89,90)/t75-,76+,77+/m0/s1. The van der Waals surface area contributed by atoms with E-state index >= 15 is 0 Å². The molecule has 5 atom stereocenters. The highest BCUT2D eigenvalue weighted by atomic mass is 31.2. The van der Waals surface area contributed by atoms with Gasteiger partial charge in [0.1, 0.15) is 19.3 Å². The van der Waals surface area contributed by atoms with Crippen molar-refractivity contribution in [2.75, 3.05) is 39.6 Å². The molecule has 0 rings (SSSR count). The van der Waals surface area contributed by atoms with E-state index in [1.54, 1.807) is 0 Å². The smallest absolute Gasteiger partial charge is 0.462 e. The Labute approximate surface area is 613 Å². The Morgan fingerprint density at radius 3 is 0.590 bits per heavy atom. The fourth-order valence-corrected chi connectivity index (χ4v) is 14.2. The molecule has 3 N–H and O–H groups in total. The normalized spacial score (nSPS) is 13.8. The number of unbranched alkanes of at least 4 members (excludes halogenated alkanes) is 56. The Morgan fingerprint density at radius 1 is 0.240 bits per heavy atom. The number of carbonyl (C=O) groups is 4. The van der Waals surface area contributed by atoms with Gasteiger partial charge in [0.05, 0.1) is 26.4 Å². The van der Waals surface area contributed by atoms with Crippen LogP contribution in [0, 0.1) is 0 Å². The first-order valence-corrected chi connectivity index (χ1v) is 45.3. The van der Waals surface area contributed by atoms with Gasteiger partial charge in [-0.25, -0.2) is 9.13 Å². The minimum absolute atomic E-state index is 0.109. The number of aliphatic hydroxyl groups is 1. The van der Waals surface area contributed by atoms with Crippen LogP contribution in [0.3, 0.4) is 0 Å². The van der Waals surface area contributed by atoms with Crippen molar-refractivity contribution in [3.63, 3.8) is 0 Å². The van der Waals surface area contributed by atoms with E-state index in [0.717, 1.165) is 103 Å². The van der Waals surface area contributed by atoms with Crippen LogP contribution >= 0.6 is 15.6 Å². The fraction of sp³-hybridized carbons (Fsp3) is 0.951. The zero-order valence-corrected chi connectivity index (χ0v) is 67.0. The first-order chi connectivity index (χ1) is 48.7. The average molecular weight is 1470 g/mol. The lowest BCUT2D eigenvalue weighted by Crippen LogP contribution is -2.30. The lowest BCUT2D eigenvalue weighted by atomic mass is 10.0. The lowest BCUT2D eigenvalue weighted by molar-refractivity contribution is -0.161. The third kappa shape index (κ3) is 74.3. The summed E-state index contributed by atoms with van der Waals surface area (Å²) in [6.07, 6.45) is 68.2. The molecule has 0 aromatic carbocycles. The van der Waals surface area contributed by atoms with Crippen molar-refractivity contribution < 1.29 is 80.2 Å². The number of rotatable bonds is 82. The maximum Gasteiger partial charge on any atom is 0.472 e. The number of esters is 4. The van der Waals surface area contributed by atoms with E-state index in [2.05, 4.69) is 27.7 Å². The van der Waals surface area contributed by atoms with Gasteiger partial charge in [-0.1, -0.05) is 387 Å². The van der Waals surface area contributed by atoms with Crippen LogP contribution in [-0.4, -0.2) is 96.7 Å². The second-order valence-corrected chi connectivity index (χ2v) is 32.1. The number of phosphoric acid groups is 2. The van der Waals surface area contributed by atoms with Crippen molar-refractivity contribution in [3.05, 3.63) is 0 Å². The summed E-state index contributed by atoms with van der Waals surface area (Å²) in [4.78, 5) is 72.9. The van der Waals surface area contributed by atoms with Gasteiger partial charge in [0, 0.05) is 25.7 Å². The van der Waals surface area contributed by atoms with Crippen LogP contribution in [0.1, 0.15) is 439 Å². The molecule has 0 fully saturated rings. The van der Waals surface area contributed by atoms with Gasteiger partial charge >= 0.3 is 39.5 Å². The topological polar surface area (TPSA) is 237 Å². The first kappa shape index (κ1) is 98.1. The largest absolute Gasteiger partial charge is 0.472 e. The highest BCUT2D eigenvalue weighted by Gasteiger charge is 2.30. The Hall–Kier alpha value is -1.94. The summed E-state index contributed by atoms with van der Waals surface area (Å²) in [6.45, 7) is 4.99. The molecule has 0 aromatic rings. The summed E-state index contributed by atoms with van der Waals surface area (Å²) in [5.74, 6) is -2.11. The van der Waals surface area contributed by atoms with Crippen molar-refractivity contribution in [3.8, 4) is 0 Å². The Balaban J connectivity index is 5.17. The van der Waals surface area contributed by atoms with Gasteiger partial charge in [0.15, 0.2) is 12.2 Å². The average Bonchev–Trinajstić information content (AvgIpc) is 1.37. The SMILES string of the molecule is CCCCCCCCCCCCCCCCCCCCCC(=O)O[C@H](COC(=O)CCCCCCCCCCCCCCCCCCC)COP(=O)(O)OC[C@@H](O)COP(=O)(O)OC[C@@H](COC(=O)CCCCCCCCC)OC(=O)CCCCCCCCCCCCCCCCCCC. The number of ether oxygens (including phenoxy) is 4. The van der Waals surface area contributed by atoms with Gasteiger partial charge in [-0.3, -0.25) is 37.3 Å². The molecule has 100 heavy (non-hydrogen) atoms. The predicted molar refractivity (Wildman–Crippen MR) is 409 cm³/mol. The molecule has 0 aromatic heterocycles. The van der Waals surface area contributed by atoms with Crippen LogP contribution in [0.2, 0.25) is 0 Å². The minimum atomic E-state index is -4.96. The van der Waals surface area contributed by atoms with E-state index in [4.69, 9.17) is 37.0 Å². The molecule has 0 heterocycles. The Kier molecular flexibility index (Phi) is 73.8. The molecular weight excluding hydrogens is 1310 g/mol. The van der Waals surface area contributed by atoms with Crippen LogP contribution < -0.4 is 0 Å². The first-order valence-electron chi connectivity index (χ1n) is 42.3. The Morgan fingerprint density at radius 2 is 0.400 bits per heavy atom. The lowest BCUT2D eigenvalue weighted by Gasteiger charge is -2.21. The number of hydrogen-bond donors (Lipinski definition) is 3. The summed E-state index contributed by atoms with van der Waals surface area (Å²) in [6, 6.07) is 0. The number of aliphatic hydroxyl groups excluding tert-OH is 1. The molecule has 2 unspecified atom stereocenters. The molecule has 0 aliphatic heterocycles. The monoisotopic (exact) mass is 1470 g/mol. The number of phosphoric ester groups is 2. The van der Waals surface area contributed by atoms with Gasteiger partial charge in [-0.2, -0.15) is 0 Å². The number of carbonyl (C=O) groups excluding carboxylic acids is 4. The van der Waals surface area contributed by atoms with E-state index < -0.39 is 97.5 Å². The van der Waals surface area contributed by atoms with E-state index in [1.165, 1.54) is 257 Å². The van der Waals surface area contributed by atoms with Gasteiger partial charge < -0.3 is 33.8 Å². The zero-order valence-electron chi connectivity index (χ0n) is 65.2. The molecule has 0 aliphatic rings. The van der Waals surface area contributed by atoms with Crippen LogP contribution in [0.4, 0.5) is 0 Å². The number of hydrogen-bond acceptors (Lipinski definition) is 15. The molecule has 594 valence electrons. The molecule has 0 radical (unpaired) electrons. The molecule has 0 spiro atoms. The molecule has 0 bridgehead atoms. The van der Waals surface area contributed by atoms with Crippen molar-refractivity contribution in [2.45, 2.75) is 457 Å². The van der Waals surface area contributed by atoms with Crippen molar-refractivity contribution >= 4 is 39.5 Å². The van der Waals surface area contributed by atoms with Crippen LogP contribution in [-0.2, 0) is 65.4 Å². The van der Waals surface area contributed by atoms with E-state index in [1.807, 2.05) is 0 Å². The highest BCUT2D eigenvalue weighted by Crippen LogP contribution is 2.45. The predicted octanol–water partition coefficient (Wildman–Crippen LogP) is 24.6. The van der Waals surface area contributed by atoms with Crippen molar-refractivity contribution in [1.82, 2.24) is 0 Å². The van der Waals surface area contributed by atoms with Crippen molar-refractivity contribution in [2.24, 2.45) is 0 Å². The van der Waals surface area contributed by atoms with Crippen LogP contribution in [0.5, 0.6) is 0 Å². The molecule has 0 aliphatic carbocycles. The summed E-state index contributed by atoms with van der Waals surface area (Å²) >= 11 is 0. The molecule has 19 heteroatoms. The summed E-state index contributed by atoms with van der Waals surface area (Å²) in [5, 5.41) is 10.6. The molecule has 0 amide bonds. The molecule has 0 saturated heterocycles. The summed E-state index contributed by atoms with van der Waals surface area (Å²) in [7, 11) is -9.91. The molecular formula is C81H158O17P2. The van der Waals surface area contributed by atoms with E-state index in [-0.39, 0.29) is 25.7 Å². The maximum atomic E-state index is 13.1. The highest BCUT2D eigenvalue weighted by molar-refractivity contribution is 7.47. The van der Waals surface area contributed by atoms with E-state index in [0.29, 0.717) is 25.7 Å². The third-order valence-corrected chi connectivity index (χ3v) is 21.0. The van der Waals surface area contributed by atoms with Gasteiger partial charge in [-0.15, -0.1) is 0 Å². The van der Waals surface area contributed by atoms with E-state index in [9.17, 15) is 43.2 Å². The fourth-order valence-electron chi connectivity index (χ4n) is 12.6. The van der Waals surface area contributed by atoms with Crippen LogP contribution in [0.15, 0.2) is 0 Å². The van der Waals surface area contributed by atoms with Gasteiger partial charge in [-0.05, 0) is 25.7 Å². The molecule has 0 saturated carbocycles. The third-order valence-electron chi connectivity index (χ3n) is 19.1. The second-order valence-electron chi connectivity index (χ2n) is 29.2. The Bertz CT molecular complexity index is 1890.